The van der Waals surface area contributed by atoms with Crippen LogP contribution in [0.3, 0.4) is 0 Å². The van der Waals surface area contributed by atoms with Gasteiger partial charge in [0.05, 0.1) is 28.8 Å². The Kier molecular flexibility index (Phi) is 5.35. The van der Waals surface area contributed by atoms with Crippen LogP contribution in [0.5, 0.6) is 0 Å². The van der Waals surface area contributed by atoms with Crippen LogP contribution in [-0.4, -0.2) is 34.2 Å². The van der Waals surface area contributed by atoms with Gasteiger partial charge in [0.2, 0.25) is 0 Å². The zero-order chi connectivity index (χ0) is 17.9. The molecule has 0 saturated heterocycles. The number of nitrogens with one attached hydrogen (secondary N) is 1. The van der Waals surface area contributed by atoms with Gasteiger partial charge in [-0.3, -0.25) is 14.3 Å². The Hall–Kier alpha value is -2.68. The first-order valence-corrected chi connectivity index (χ1v) is 8.07. The Morgan fingerprint density at radius 2 is 2.12 bits per heavy atom. The Labute approximate surface area is 142 Å². The standard InChI is InChI=1S/C15H18N4O4S/c1-4-5-23-15(22)10-8(2)11(12(16)20)24-14(10)18-13(21)9-6-17-19(3)7-9/h6-7H,4-5H2,1-3H3,(H2,16,20)(H,18,21). The van der Waals surface area contributed by atoms with Crippen LogP contribution in [0, 0.1) is 6.92 Å². The molecule has 2 aromatic heterocycles. The lowest BCUT2D eigenvalue weighted by Gasteiger charge is -2.07. The van der Waals surface area contributed by atoms with Gasteiger partial charge in [0.25, 0.3) is 11.8 Å². The van der Waals surface area contributed by atoms with E-state index in [-0.39, 0.29) is 22.0 Å². The van der Waals surface area contributed by atoms with E-state index in [2.05, 4.69) is 10.4 Å². The number of thiophene rings is 1. The number of amides is 2. The van der Waals surface area contributed by atoms with Crippen molar-refractivity contribution in [1.82, 2.24) is 9.78 Å². The fraction of sp³-hybridized carbons (Fsp3) is 0.333. The summed E-state index contributed by atoms with van der Waals surface area (Å²) in [6.07, 6.45) is 3.61. The summed E-state index contributed by atoms with van der Waals surface area (Å²) in [5, 5.41) is 6.79. The maximum atomic E-state index is 12.3. The second kappa shape index (κ2) is 7.26. The van der Waals surface area contributed by atoms with E-state index in [4.69, 9.17) is 10.5 Å². The number of nitrogens with zero attached hydrogens (tertiary/aromatic N) is 2. The minimum absolute atomic E-state index is 0.152. The number of hydrogen-bond acceptors (Lipinski definition) is 6. The van der Waals surface area contributed by atoms with Gasteiger partial charge in [-0.25, -0.2) is 4.79 Å². The molecule has 24 heavy (non-hydrogen) atoms. The predicted molar refractivity (Wildman–Crippen MR) is 89.3 cm³/mol. The molecule has 0 aliphatic rings. The van der Waals surface area contributed by atoms with Gasteiger partial charge in [-0.2, -0.15) is 5.10 Å². The molecule has 2 heterocycles. The monoisotopic (exact) mass is 350 g/mol. The quantitative estimate of drug-likeness (QED) is 0.769. The zero-order valence-electron chi connectivity index (χ0n) is 13.6. The van der Waals surface area contributed by atoms with Gasteiger partial charge in [0.15, 0.2) is 0 Å². The van der Waals surface area contributed by atoms with Crippen LogP contribution in [0.4, 0.5) is 5.00 Å². The molecule has 3 N–H and O–H groups in total. The third-order valence-electron chi connectivity index (χ3n) is 3.21. The summed E-state index contributed by atoms with van der Waals surface area (Å²) in [5.41, 5.74) is 6.22. The van der Waals surface area contributed by atoms with Crippen molar-refractivity contribution in [3.8, 4) is 0 Å². The lowest BCUT2D eigenvalue weighted by Crippen LogP contribution is -2.15. The highest BCUT2D eigenvalue weighted by atomic mass is 32.1. The highest BCUT2D eigenvalue weighted by Gasteiger charge is 2.26. The zero-order valence-corrected chi connectivity index (χ0v) is 14.4. The molecule has 0 spiro atoms. The normalized spacial score (nSPS) is 10.5. The first-order chi connectivity index (χ1) is 11.3. The number of carbonyl (C=O) groups excluding carboxylic acids is 3. The van der Waals surface area contributed by atoms with Crippen LogP contribution in [0.2, 0.25) is 0 Å². The molecule has 2 amide bonds. The van der Waals surface area contributed by atoms with Gasteiger partial charge in [0.1, 0.15) is 5.00 Å². The Balaban J connectivity index is 2.36. The summed E-state index contributed by atoms with van der Waals surface area (Å²) in [7, 11) is 1.69. The lowest BCUT2D eigenvalue weighted by atomic mass is 10.1. The molecule has 128 valence electrons. The van der Waals surface area contributed by atoms with Crippen LogP contribution < -0.4 is 11.1 Å². The van der Waals surface area contributed by atoms with E-state index >= 15 is 0 Å². The molecule has 0 aliphatic heterocycles. The molecule has 0 atom stereocenters. The van der Waals surface area contributed by atoms with Gasteiger partial charge in [-0.05, 0) is 18.9 Å². The summed E-state index contributed by atoms with van der Waals surface area (Å²) in [6, 6.07) is 0. The predicted octanol–water partition coefficient (Wildman–Crippen LogP) is 1.71. The number of rotatable bonds is 6. The fourth-order valence-electron chi connectivity index (χ4n) is 2.06. The largest absolute Gasteiger partial charge is 0.462 e. The number of nitrogens with two attached hydrogens (primary N) is 1. The minimum atomic E-state index is -0.663. The van der Waals surface area contributed by atoms with E-state index in [1.165, 1.54) is 10.9 Å². The maximum absolute atomic E-state index is 12.3. The Morgan fingerprint density at radius 1 is 1.42 bits per heavy atom. The average Bonchev–Trinajstić information content (AvgIpc) is 3.09. The summed E-state index contributed by atoms with van der Waals surface area (Å²) in [4.78, 5) is 36.3. The van der Waals surface area contributed by atoms with Crippen LogP contribution in [0.25, 0.3) is 0 Å². The number of carbonyl (C=O) groups is 3. The minimum Gasteiger partial charge on any atom is -0.462 e. The van der Waals surface area contributed by atoms with Crippen molar-refractivity contribution >= 4 is 34.1 Å². The van der Waals surface area contributed by atoms with Crippen molar-refractivity contribution in [3.05, 3.63) is 34.0 Å². The molecule has 0 bridgehead atoms. The second-order valence-electron chi connectivity index (χ2n) is 5.12. The van der Waals surface area contributed by atoms with Crippen molar-refractivity contribution in [2.45, 2.75) is 20.3 Å². The number of aryl methyl sites for hydroxylation is 1. The second-order valence-corrected chi connectivity index (χ2v) is 6.14. The van der Waals surface area contributed by atoms with Gasteiger partial charge in [-0.1, -0.05) is 6.92 Å². The van der Waals surface area contributed by atoms with Gasteiger partial charge in [-0.15, -0.1) is 11.3 Å². The van der Waals surface area contributed by atoms with Gasteiger partial charge >= 0.3 is 5.97 Å². The van der Waals surface area contributed by atoms with E-state index in [1.807, 2.05) is 6.92 Å². The molecule has 0 aromatic carbocycles. The molecular weight excluding hydrogens is 332 g/mol. The number of ether oxygens (including phenoxy) is 1. The first kappa shape index (κ1) is 17.7. The molecule has 8 nitrogen and oxygen atoms in total. The SMILES string of the molecule is CCCOC(=O)c1c(NC(=O)c2cnn(C)c2)sc(C(N)=O)c1C. The molecule has 0 radical (unpaired) electrons. The van der Waals surface area contributed by atoms with Gasteiger partial charge in [0, 0.05) is 13.2 Å². The number of esters is 1. The molecule has 0 saturated carbocycles. The van der Waals surface area contributed by atoms with Crippen molar-refractivity contribution in [2.75, 3.05) is 11.9 Å². The van der Waals surface area contributed by atoms with Gasteiger partial charge < -0.3 is 15.8 Å². The summed E-state index contributed by atoms with van der Waals surface area (Å²) in [6.45, 7) is 3.71. The van der Waals surface area contributed by atoms with Crippen LogP contribution >= 0.6 is 11.3 Å². The highest BCUT2D eigenvalue weighted by Crippen LogP contribution is 2.33. The van der Waals surface area contributed by atoms with E-state index in [0.29, 0.717) is 17.5 Å². The number of primary amides is 1. The molecular formula is C15H18N4O4S. The first-order valence-electron chi connectivity index (χ1n) is 7.25. The Morgan fingerprint density at radius 3 is 2.67 bits per heavy atom. The third kappa shape index (κ3) is 3.62. The van der Waals surface area contributed by atoms with Crippen molar-refractivity contribution < 1.29 is 19.1 Å². The third-order valence-corrected chi connectivity index (χ3v) is 4.43. The average molecular weight is 350 g/mol. The lowest BCUT2D eigenvalue weighted by molar-refractivity contribution is 0.0506. The molecule has 0 unspecified atom stereocenters. The van der Waals surface area contributed by atoms with E-state index in [0.717, 1.165) is 11.3 Å². The molecule has 0 aliphatic carbocycles. The Bertz CT molecular complexity index is 793. The van der Waals surface area contributed by atoms with Crippen LogP contribution in [0.1, 0.15) is 49.3 Å². The van der Waals surface area contributed by atoms with Crippen LogP contribution in [0.15, 0.2) is 12.4 Å². The topological polar surface area (TPSA) is 116 Å². The number of hydrogen-bond donors (Lipinski definition) is 2. The number of aromatic nitrogens is 2. The smallest absolute Gasteiger partial charge is 0.341 e. The van der Waals surface area contributed by atoms with Crippen LogP contribution in [-0.2, 0) is 11.8 Å². The molecule has 9 heteroatoms. The van der Waals surface area contributed by atoms with E-state index in [1.54, 1.807) is 20.2 Å². The highest BCUT2D eigenvalue weighted by molar-refractivity contribution is 7.18. The molecule has 2 aromatic rings. The van der Waals surface area contributed by atoms with Crippen molar-refractivity contribution in [1.29, 1.82) is 0 Å². The maximum Gasteiger partial charge on any atom is 0.341 e. The summed E-state index contributed by atoms with van der Waals surface area (Å²) in [5.74, 6) is -1.70. The van der Waals surface area contributed by atoms with Crippen molar-refractivity contribution in [2.24, 2.45) is 12.8 Å². The van der Waals surface area contributed by atoms with Crippen molar-refractivity contribution in [3.63, 3.8) is 0 Å². The number of anilines is 1. The summed E-state index contributed by atoms with van der Waals surface area (Å²) >= 11 is 0.951. The van der Waals surface area contributed by atoms with E-state index in [9.17, 15) is 14.4 Å². The molecule has 2 rings (SSSR count). The molecule has 0 fully saturated rings. The summed E-state index contributed by atoms with van der Waals surface area (Å²) < 4.78 is 6.62. The fourth-order valence-corrected chi connectivity index (χ4v) is 3.11. The van der Waals surface area contributed by atoms with E-state index < -0.39 is 17.8 Å².